The van der Waals surface area contributed by atoms with Crippen LogP contribution in [0.25, 0.3) is 0 Å². The zero-order chi connectivity index (χ0) is 24.0. The Hall–Kier alpha value is -2.53. The average Bonchev–Trinajstić information content (AvgIpc) is 2.79. The van der Waals surface area contributed by atoms with Crippen LogP contribution in [0.4, 0.5) is 4.39 Å². The molecule has 0 amide bonds. The van der Waals surface area contributed by atoms with Crippen LogP contribution in [0.5, 0.6) is 5.75 Å². The predicted molar refractivity (Wildman–Crippen MR) is 134 cm³/mol. The third-order valence-corrected chi connectivity index (χ3v) is 6.67. The predicted octanol–water partition coefficient (Wildman–Crippen LogP) is 5.79. The summed E-state index contributed by atoms with van der Waals surface area (Å²) in [5.74, 6) is 2.11. The van der Waals surface area contributed by atoms with Crippen molar-refractivity contribution in [3.8, 4) is 5.75 Å². The van der Waals surface area contributed by atoms with Crippen molar-refractivity contribution in [1.29, 1.82) is 0 Å². The van der Waals surface area contributed by atoms with Gasteiger partial charge in [0, 0.05) is 31.2 Å². The molecule has 5 heteroatoms. The van der Waals surface area contributed by atoms with E-state index in [0.717, 1.165) is 36.6 Å². The highest BCUT2D eigenvalue weighted by Gasteiger charge is 2.32. The van der Waals surface area contributed by atoms with Gasteiger partial charge >= 0.3 is 0 Å². The number of ether oxygens (including phenoxy) is 1. The first kappa shape index (κ1) is 25.1. The molecule has 1 heterocycles. The second-order valence-corrected chi connectivity index (χ2v) is 9.89. The Morgan fingerprint density at radius 2 is 1.64 bits per heavy atom. The molecule has 0 spiro atoms. The van der Waals surface area contributed by atoms with Crippen LogP contribution in [0.3, 0.4) is 0 Å². The molecule has 3 rings (SSSR count). The number of nitrogens with zero attached hydrogens (tertiary/aromatic N) is 2. The lowest BCUT2D eigenvalue weighted by Crippen LogP contribution is -2.52. The highest BCUT2D eigenvalue weighted by molar-refractivity contribution is 5.27. The van der Waals surface area contributed by atoms with Crippen molar-refractivity contribution < 1.29 is 9.13 Å². The van der Waals surface area contributed by atoms with Crippen molar-refractivity contribution in [3.63, 3.8) is 0 Å². The Balaban J connectivity index is 1.67. The van der Waals surface area contributed by atoms with Gasteiger partial charge in [0.25, 0.3) is 0 Å². The van der Waals surface area contributed by atoms with E-state index in [9.17, 15) is 4.39 Å². The van der Waals surface area contributed by atoms with Crippen molar-refractivity contribution >= 4 is 0 Å². The first-order valence-corrected chi connectivity index (χ1v) is 12.1. The van der Waals surface area contributed by atoms with Gasteiger partial charge in [-0.2, -0.15) is 0 Å². The number of halogens is 1. The number of piperidine rings is 1. The number of benzene rings is 2. The largest absolute Gasteiger partial charge is 0.493 e. The molecule has 0 bridgehead atoms. The molecular formula is C28H40FN3O. The monoisotopic (exact) mass is 453 g/mol. The van der Waals surface area contributed by atoms with Crippen molar-refractivity contribution in [1.82, 2.24) is 15.1 Å². The number of hydrogen-bond donors (Lipinski definition) is 1. The Morgan fingerprint density at radius 1 is 1.06 bits per heavy atom. The van der Waals surface area contributed by atoms with Crippen LogP contribution >= 0.6 is 0 Å². The first-order valence-electron chi connectivity index (χ1n) is 12.1. The van der Waals surface area contributed by atoms with Gasteiger partial charge < -0.3 is 19.9 Å². The smallest absolute Gasteiger partial charge is 0.123 e. The van der Waals surface area contributed by atoms with Crippen molar-refractivity contribution in [2.24, 2.45) is 5.92 Å². The van der Waals surface area contributed by atoms with E-state index in [-0.39, 0.29) is 5.82 Å². The lowest BCUT2D eigenvalue weighted by atomic mass is 9.92. The van der Waals surface area contributed by atoms with Gasteiger partial charge in [0.05, 0.1) is 12.4 Å². The molecule has 0 radical (unpaired) electrons. The average molecular weight is 454 g/mol. The van der Waals surface area contributed by atoms with Crippen LogP contribution in [-0.4, -0.2) is 41.6 Å². The summed E-state index contributed by atoms with van der Waals surface area (Å²) in [6.07, 6.45) is 2.15. The van der Waals surface area contributed by atoms with E-state index in [1.807, 2.05) is 24.3 Å². The molecule has 0 saturated carbocycles. The van der Waals surface area contributed by atoms with Crippen molar-refractivity contribution in [2.75, 3.05) is 13.7 Å². The molecule has 180 valence electrons. The topological polar surface area (TPSA) is 27.7 Å². The Labute approximate surface area is 199 Å². The molecule has 2 atom stereocenters. The van der Waals surface area contributed by atoms with Gasteiger partial charge in [0.2, 0.25) is 0 Å². The minimum absolute atomic E-state index is 0.204. The van der Waals surface area contributed by atoms with Gasteiger partial charge in [-0.3, -0.25) is 0 Å². The lowest BCUT2D eigenvalue weighted by Gasteiger charge is -2.46. The highest BCUT2D eigenvalue weighted by atomic mass is 19.1. The second kappa shape index (κ2) is 11.6. The molecular weight excluding hydrogens is 413 g/mol. The molecule has 33 heavy (non-hydrogen) atoms. The summed E-state index contributed by atoms with van der Waals surface area (Å²) >= 11 is 0. The van der Waals surface area contributed by atoms with E-state index in [1.54, 1.807) is 0 Å². The Morgan fingerprint density at radius 3 is 2.21 bits per heavy atom. The van der Waals surface area contributed by atoms with Crippen LogP contribution in [0.1, 0.15) is 51.7 Å². The SMILES string of the molecule is C=C(NCc1ccc(OCC(C)C)cc1)N(Cc1ccc(F)cc1)C1CC(C)N(C)C(C)C1. The molecule has 1 N–H and O–H groups in total. The highest BCUT2D eigenvalue weighted by Crippen LogP contribution is 2.28. The molecule has 0 aromatic heterocycles. The van der Waals surface area contributed by atoms with Crippen LogP contribution in [0, 0.1) is 11.7 Å². The summed E-state index contributed by atoms with van der Waals surface area (Å²) in [5, 5.41) is 3.54. The minimum atomic E-state index is -0.204. The van der Waals surface area contributed by atoms with E-state index in [0.29, 0.717) is 37.1 Å². The normalized spacial score (nSPS) is 21.1. The third kappa shape index (κ3) is 7.23. The van der Waals surface area contributed by atoms with E-state index in [2.05, 4.69) is 68.6 Å². The summed E-state index contributed by atoms with van der Waals surface area (Å²) in [5.41, 5.74) is 2.27. The summed E-state index contributed by atoms with van der Waals surface area (Å²) in [7, 11) is 2.21. The number of rotatable bonds is 10. The molecule has 2 aromatic carbocycles. The standard InChI is InChI=1S/C28H40FN3O/c1-20(2)19-33-28-13-9-24(10-14-28)17-30-23(5)32(18-25-7-11-26(29)12-8-25)27-15-21(3)31(6)22(4)16-27/h7-14,20-22,27,30H,5,15-19H2,1-4,6H3. The van der Waals surface area contributed by atoms with Gasteiger partial charge in [-0.1, -0.05) is 44.7 Å². The summed E-state index contributed by atoms with van der Waals surface area (Å²) in [6, 6.07) is 16.4. The van der Waals surface area contributed by atoms with E-state index in [1.165, 1.54) is 17.7 Å². The minimum Gasteiger partial charge on any atom is -0.493 e. The first-order chi connectivity index (χ1) is 15.7. The van der Waals surface area contributed by atoms with E-state index in [4.69, 9.17) is 4.74 Å². The fourth-order valence-corrected chi connectivity index (χ4v) is 4.41. The Bertz CT molecular complexity index is 869. The van der Waals surface area contributed by atoms with Gasteiger partial charge in [-0.15, -0.1) is 0 Å². The van der Waals surface area contributed by atoms with Gasteiger partial charge in [0.15, 0.2) is 0 Å². The summed E-state index contributed by atoms with van der Waals surface area (Å²) in [6.45, 7) is 15.4. The second-order valence-electron chi connectivity index (χ2n) is 9.89. The molecule has 2 unspecified atom stereocenters. The van der Waals surface area contributed by atoms with Gasteiger partial charge in [-0.05, 0) is 75.0 Å². The van der Waals surface area contributed by atoms with Gasteiger partial charge in [-0.25, -0.2) is 4.39 Å². The van der Waals surface area contributed by atoms with Crippen molar-refractivity contribution in [2.45, 2.75) is 71.8 Å². The lowest BCUT2D eigenvalue weighted by molar-refractivity contribution is 0.0616. The van der Waals surface area contributed by atoms with Gasteiger partial charge in [0.1, 0.15) is 11.6 Å². The maximum Gasteiger partial charge on any atom is 0.123 e. The van der Waals surface area contributed by atoms with E-state index < -0.39 is 0 Å². The molecule has 1 aliphatic rings. The molecule has 0 aliphatic carbocycles. The maximum absolute atomic E-state index is 13.4. The fraction of sp³-hybridized carbons (Fsp3) is 0.500. The third-order valence-electron chi connectivity index (χ3n) is 6.67. The van der Waals surface area contributed by atoms with Crippen molar-refractivity contribution in [3.05, 3.63) is 77.9 Å². The molecule has 1 saturated heterocycles. The number of hydrogen-bond acceptors (Lipinski definition) is 4. The zero-order valence-electron chi connectivity index (χ0n) is 20.9. The molecule has 1 fully saturated rings. The number of nitrogens with one attached hydrogen (secondary N) is 1. The maximum atomic E-state index is 13.4. The summed E-state index contributed by atoms with van der Waals surface area (Å²) in [4.78, 5) is 4.82. The fourth-order valence-electron chi connectivity index (χ4n) is 4.41. The molecule has 4 nitrogen and oxygen atoms in total. The number of likely N-dealkylation sites (tertiary alicyclic amines) is 1. The zero-order valence-corrected chi connectivity index (χ0v) is 20.9. The van der Waals surface area contributed by atoms with Crippen LogP contribution < -0.4 is 10.1 Å². The van der Waals surface area contributed by atoms with E-state index >= 15 is 0 Å². The Kier molecular flexibility index (Phi) is 8.79. The van der Waals surface area contributed by atoms with Crippen LogP contribution in [0.2, 0.25) is 0 Å². The molecule has 1 aliphatic heterocycles. The van der Waals surface area contributed by atoms with Crippen LogP contribution in [0.15, 0.2) is 60.9 Å². The molecule has 2 aromatic rings. The van der Waals surface area contributed by atoms with Crippen LogP contribution in [-0.2, 0) is 13.1 Å². The summed E-state index contributed by atoms with van der Waals surface area (Å²) < 4.78 is 19.2. The quantitative estimate of drug-likeness (QED) is 0.492.